The van der Waals surface area contributed by atoms with E-state index in [1.165, 1.54) is 0 Å². The smallest absolute Gasteiger partial charge is 0.308 e. The molecule has 0 heterocycles. The topological polar surface area (TPSA) is 41.1 Å². The standard InChI is InChI=1S/C17H12BrClN2O/c18-14-5-3-4-11-10-12(8-9-13(11)14)20-17(22)21-16-7-2-1-6-15(16)19/h1-10H,(H2,20,21,22). The van der Waals surface area contributed by atoms with E-state index >= 15 is 0 Å². The molecule has 0 aromatic heterocycles. The number of amides is 2. The number of fused-ring (bicyclic) bond motifs is 1. The average molecular weight is 376 g/mol. The summed E-state index contributed by atoms with van der Waals surface area (Å²) < 4.78 is 1.03. The summed E-state index contributed by atoms with van der Waals surface area (Å²) in [5.74, 6) is 0. The summed E-state index contributed by atoms with van der Waals surface area (Å²) in [6.45, 7) is 0. The van der Waals surface area contributed by atoms with Gasteiger partial charge in [-0.1, -0.05) is 57.9 Å². The second-order valence-corrected chi connectivity index (χ2v) is 6.00. The Morgan fingerprint density at radius 2 is 1.77 bits per heavy atom. The van der Waals surface area contributed by atoms with E-state index in [1.54, 1.807) is 12.1 Å². The van der Waals surface area contributed by atoms with Crippen LogP contribution in [-0.2, 0) is 0 Å². The second kappa shape index (κ2) is 6.38. The fourth-order valence-corrected chi connectivity index (χ4v) is 2.87. The SMILES string of the molecule is O=C(Nc1ccc2c(Br)cccc2c1)Nc1ccccc1Cl. The van der Waals surface area contributed by atoms with Gasteiger partial charge in [0.05, 0.1) is 10.7 Å². The van der Waals surface area contributed by atoms with Crippen LogP contribution in [0.5, 0.6) is 0 Å². The molecule has 3 rings (SSSR count). The van der Waals surface area contributed by atoms with Crippen molar-refractivity contribution in [2.24, 2.45) is 0 Å². The average Bonchev–Trinajstić information content (AvgIpc) is 2.50. The van der Waals surface area contributed by atoms with Gasteiger partial charge in [0.15, 0.2) is 0 Å². The molecule has 0 aliphatic rings. The van der Waals surface area contributed by atoms with Crippen molar-refractivity contribution in [2.75, 3.05) is 10.6 Å². The van der Waals surface area contributed by atoms with Crippen molar-refractivity contribution in [1.29, 1.82) is 0 Å². The number of para-hydroxylation sites is 1. The zero-order valence-corrected chi connectivity index (χ0v) is 13.8. The molecule has 0 fully saturated rings. The molecule has 0 aliphatic carbocycles. The number of hydrogen-bond acceptors (Lipinski definition) is 1. The van der Waals surface area contributed by atoms with Crippen molar-refractivity contribution in [2.45, 2.75) is 0 Å². The van der Waals surface area contributed by atoms with Crippen LogP contribution in [0.4, 0.5) is 16.2 Å². The van der Waals surface area contributed by atoms with Crippen molar-refractivity contribution in [3.8, 4) is 0 Å². The number of rotatable bonds is 2. The zero-order valence-electron chi connectivity index (χ0n) is 11.4. The van der Waals surface area contributed by atoms with Crippen LogP contribution in [0, 0.1) is 0 Å². The van der Waals surface area contributed by atoms with Gasteiger partial charge in [-0.25, -0.2) is 4.79 Å². The number of nitrogens with one attached hydrogen (secondary N) is 2. The van der Waals surface area contributed by atoms with Crippen LogP contribution in [0.15, 0.2) is 65.1 Å². The number of hydrogen-bond donors (Lipinski definition) is 2. The Balaban J connectivity index is 1.78. The Bertz CT molecular complexity index is 851. The second-order valence-electron chi connectivity index (χ2n) is 4.73. The minimum absolute atomic E-state index is 0.331. The quantitative estimate of drug-likeness (QED) is 0.575. The molecule has 0 unspecified atom stereocenters. The highest BCUT2D eigenvalue weighted by atomic mass is 79.9. The first-order valence-corrected chi connectivity index (χ1v) is 7.81. The van der Waals surface area contributed by atoms with Gasteiger partial charge in [-0.15, -0.1) is 0 Å². The van der Waals surface area contributed by atoms with E-state index in [-0.39, 0.29) is 6.03 Å². The Kier molecular flexibility index (Phi) is 4.32. The van der Waals surface area contributed by atoms with Crippen molar-refractivity contribution in [3.05, 3.63) is 70.2 Å². The predicted molar refractivity (Wildman–Crippen MR) is 95.7 cm³/mol. The molecule has 2 N–H and O–H groups in total. The van der Waals surface area contributed by atoms with Crippen molar-refractivity contribution in [3.63, 3.8) is 0 Å². The van der Waals surface area contributed by atoms with Crippen LogP contribution in [0.3, 0.4) is 0 Å². The molecule has 0 atom stereocenters. The Morgan fingerprint density at radius 1 is 0.955 bits per heavy atom. The highest BCUT2D eigenvalue weighted by molar-refractivity contribution is 9.10. The number of benzene rings is 3. The summed E-state index contributed by atoms with van der Waals surface area (Å²) in [7, 11) is 0. The minimum Gasteiger partial charge on any atom is -0.308 e. The number of carbonyl (C=O) groups excluding carboxylic acids is 1. The first-order valence-electron chi connectivity index (χ1n) is 6.64. The van der Waals surface area contributed by atoms with Gasteiger partial charge in [0.1, 0.15) is 0 Å². The van der Waals surface area contributed by atoms with Crippen LogP contribution >= 0.6 is 27.5 Å². The molecule has 0 saturated carbocycles. The van der Waals surface area contributed by atoms with Gasteiger partial charge in [0.25, 0.3) is 0 Å². The molecule has 0 bridgehead atoms. The van der Waals surface area contributed by atoms with E-state index in [2.05, 4.69) is 26.6 Å². The number of urea groups is 1. The van der Waals surface area contributed by atoms with E-state index < -0.39 is 0 Å². The summed E-state index contributed by atoms with van der Waals surface area (Å²) in [5, 5.41) is 8.18. The van der Waals surface area contributed by atoms with Gasteiger partial charge in [-0.3, -0.25) is 0 Å². The molecule has 3 aromatic carbocycles. The fourth-order valence-electron chi connectivity index (χ4n) is 2.17. The number of anilines is 2. The fraction of sp³-hybridized carbons (Fsp3) is 0. The molecule has 110 valence electrons. The van der Waals surface area contributed by atoms with Crippen molar-refractivity contribution < 1.29 is 4.79 Å². The number of carbonyl (C=O) groups is 1. The summed E-state index contributed by atoms with van der Waals surface area (Å²) in [6, 6.07) is 18.5. The first kappa shape index (κ1) is 14.9. The van der Waals surface area contributed by atoms with Crippen LogP contribution < -0.4 is 10.6 Å². The monoisotopic (exact) mass is 374 g/mol. The molecular weight excluding hydrogens is 364 g/mol. The lowest BCUT2D eigenvalue weighted by Crippen LogP contribution is -2.19. The minimum atomic E-state index is -0.331. The summed E-state index contributed by atoms with van der Waals surface area (Å²) >= 11 is 9.53. The molecule has 22 heavy (non-hydrogen) atoms. The lowest BCUT2D eigenvalue weighted by atomic mass is 10.1. The third kappa shape index (κ3) is 3.24. The molecule has 0 saturated heterocycles. The van der Waals surface area contributed by atoms with E-state index in [0.29, 0.717) is 10.7 Å². The van der Waals surface area contributed by atoms with Gasteiger partial charge in [-0.05, 0) is 41.1 Å². The molecule has 5 heteroatoms. The van der Waals surface area contributed by atoms with Gasteiger partial charge in [0, 0.05) is 10.2 Å². The van der Waals surface area contributed by atoms with Gasteiger partial charge in [0.2, 0.25) is 0 Å². The highest BCUT2D eigenvalue weighted by Crippen LogP contribution is 2.26. The largest absolute Gasteiger partial charge is 0.323 e. The van der Waals surface area contributed by atoms with Crippen LogP contribution in [0.2, 0.25) is 5.02 Å². The summed E-state index contributed by atoms with van der Waals surface area (Å²) in [5.41, 5.74) is 1.29. The van der Waals surface area contributed by atoms with Gasteiger partial charge in [-0.2, -0.15) is 0 Å². The molecule has 0 radical (unpaired) electrons. The molecule has 3 aromatic rings. The zero-order chi connectivity index (χ0) is 15.5. The first-order chi connectivity index (χ1) is 10.6. The maximum atomic E-state index is 12.0. The lowest BCUT2D eigenvalue weighted by molar-refractivity contribution is 0.262. The van der Waals surface area contributed by atoms with Crippen LogP contribution in [-0.4, -0.2) is 6.03 Å². The van der Waals surface area contributed by atoms with E-state index in [1.807, 2.05) is 48.5 Å². The lowest BCUT2D eigenvalue weighted by Gasteiger charge is -2.10. The van der Waals surface area contributed by atoms with E-state index in [0.717, 1.165) is 20.9 Å². The maximum absolute atomic E-state index is 12.0. The van der Waals surface area contributed by atoms with Gasteiger partial charge < -0.3 is 10.6 Å². The highest BCUT2D eigenvalue weighted by Gasteiger charge is 2.06. The summed E-state index contributed by atoms with van der Waals surface area (Å²) in [4.78, 5) is 12.0. The van der Waals surface area contributed by atoms with Crippen LogP contribution in [0.1, 0.15) is 0 Å². The normalized spacial score (nSPS) is 10.5. The predicted octanol–water partition coefficient (Wildman–Crippen LogP) is 5.90. The number of halogens is 2. The Morgan fingerprint density at radius 3 is 2.59 bits per heavy atom. The molecule has 0 aliphatic heterocycles. The van der Waals surface area contributed by atoms with Crippen LogP contribution in [0.25, 0.3) is 10.8 Å². The third-order valence-electron chi connectivity index (χ3n) is 3.21. The molecule has 2 amide bonds. The van der Waals surface area contributed by atoms with Crippen molar-refractivity contribution >= 4 is 55.7 Å². The van der Waals surface area contributed by atoms with Crippen molar-refractivity contribution in [1.82, 2.24) is 0 Å². The van der Waals surface area contributed by atoms with E-state index in [4.69, 9.17) is 11.6 Å². The summed E-state index contributed by atoms with van der Waals surface area (Å²) in [6.07, 6.45) is 0. The van der Waals surface area contributed by atoms with Gasteiger partial charge >= 0.3 is 6.03 Å². The Labute approximate surface area is 141 Å². The van der Waals surface area contributed by atoms with E-state index in [9.17, 15) is 4.79 Å². The molecular formula is C17H12BrClN2O. The maximum Gasteiger partial charge on any atom is 0.323 e. The molecule has 3 nitrogen and oxygen atoms in total. The molecule has 0 spiro atoms. The third-order valence-corrected chi connectivity index (χ3v) is 4.23. The Hall–Kier alpha value is -2.04.